The quantitative estimate of drug-likeness (QED) is 0.791. The van der Waals surface area contributed by atoms with Gasteiger partial charge < -0.3 is 4.90 Å². The zero-order chi connectivity index (χ0) is 16.3. The number of carbonyl (C=O) groups excluding carboxylic acids is 1. The smallest absolute Gasteiger partial charge is 0.249 e. The third kappa shape index (κ3) is 4.11. The van der Waals surface area contributed by atoms with Crippen molar-refractivity contribution in [1.82, 2.24) is 4.90 Å². The van der Waals surface area contributed by atoms with E-state index in [-0.39, 0.29) is 23.5 Å². The van der Waals surface area contributed by atoms with E-state index in [9.17, 15) is 13.2 Å². The first-order valence-corrected chi connectivity index (χ1v) is 9.47. The second-order valence-electron chi connectivity index (χ2n) is 5.53. The minimum Gasteiger partial charge on any atom is -0.335 e. The van der Waals surface area contributed by atoms with E-state index in [1.165, 1.54) is 0 Å². The molecule has 22 heavy (non-hydrogen) atoms. The first-order valence-electron chi connectivity index (χ1n) is 7.27. The number of hydrogen-bond donors (Lipinski definition) is 0. The fraction of sp³-hybridized carbons (Fsp3) is 0.438. The van der Waals surface area contributed by atoms with Crippen LogP contribution in [0.5, 0.6) is 0 Å². The fourth-order valence-corrected chi connectivity index (χ4v) is 4.54. The Hall–Kier alpha value is -1.33. The Morgan fingerprint density at radius 2 is 2.00 bits per heavy atom. The maximum absolute atomic E-state index is 12.6. The average Bonchev–Trinajstić information content (AvgIpc) is 2.82. The van der Waals surface area contributed by atoms with E-state index in [0.717, 1.165) is 5.56 Å². The Morgan fingerprint density at radius 1 is 1.36 bits per heavy atom. The molecule has 0 aliphatic carbocycles. The Labute approximate surface area is 136 Å². The molecule has 1 aromatic rings. The van der Waals surface area contributed by atoms with Gasteiger partial charge in [0.25, 0.3) is 0 Å². The van der Waals surface area contributed by atoms with Crippen LogP contribution in [-0.4, -0.2) is 43.3 Å². The molecule has 1 aliphatic rings. The highest BCUT2D eigenvalue weighted by atomic mass is 35.5. The van der Waals surface area contributed by atoms with Gasteiger partial charge in [-0.3, -0.25) is 4.79 Å². The second kappa shape index (κ2) is 6.84. The summed E-state index contributed by atoms with van der Waals surface area (Å²) in [5, 5.41) is 0.646. The van der Waals surface area contributed by atoms with E-state index in [2.05, 4.69) is 0 Å². The lowest BCUT2D eigenvalue weighted by Crippen LogP contribution is -2.41. The summed E-state index contributed by atoms with van der Waals surface area (Å²) in [6.45, 7) is 4.13. The molecule has 2 rings (SSSR count). The van der Waals surface area contributed by atoms with Crippen molar-refractivity contribution in [3.8, 4) is 0 Å². The number of hydrogen-bond acceptors (Lipinski definition) is 3. The van der Waals surface area contributed by atoms with Crippen molar-refractivity contribution in [2.45, 2.75) is 26.3 Å². The van der Waals surface area contributed by atoms with Gasteiger partial charge in [0, 0.05) is 23.2 Å². The lowest BCUT2D eigenvalue weighted by atomic mass is 10.1. The van der Waals surface area contributed by atoms with Crippen LogP contribution in [-0.2, 0) is 14.6 Å². The monoisotopic (exact) mass is 341 g/mol. The largest absolute Gasteiger partial charge is 0.335 e. The number of halogens is 1. The predicted octanol–water partition coefficient (Wildman–Crippen LogP) is 2.78. The molecule has 0 saturated carbocycles. The number of likely N-dealkylation sites (N-methyl/N-ethyl adjacent to an activating group) is 1. The topological polar surface area (TPSA) is 54.5 Å². The van der Waals surface area contributed by atoms with Crippen LogP contribution in [0.2, 0.25) is 5.02 Å². The van der Waals surface area contributed by atoms with Crippen LogP contribution in [0.1, 0.15) is 25.8 Å². The summed E-state index contributed by atoms with van der Waals surface area (Å²) in [4.78, 5) is 14.2. The lowest BCUT2D eigenvalue weighted by Gasteiger charge is -2.27. The number of rotatable bonds is 4. The van der Waals surface area contributed by atoms with Crippen LogP contribution < -0.4 is 0 Å². The molecule has 0 aromatic heterocycles. The number of nitrogens with zero attached hydrogens (tertiary/aromatic N) is 1. The summed E-state index contributed by atoms with van der Waals surface area (Å²) in [6.07, 6.45) is 2.32. The molecule has 1 fully saturated rings. The van der Waals surface area contributed by atoms with Crippen LogP contribution >= 0.6 is 11.6 Å². The molecule has 6 heteroatoms. The summed E-state index contributed by atoms with van der Waals surface area (Å²) in [6, 6.07) is 7.01. The second-order valence-corrected chi connectivity index (χ2v) is 8.19. The molecule has 1 unspecified atom stereocenters. The summed E-state index contributed by atoms with van der Waals surface area (Å²) in [5.74, 6) is 0.127. The summed E-state index contributed by atoms with van der Waals surface area (Å²) >= 11 is 5.84. The molecule has 1 amide bonds. The molecular weight excluding hydrogens is 322 g/mol. The van der Waals surface area contributed by atoms with Gasteiger partial charge in [0.1, 0.15) is 0 Å². The molecular formula is C16H20ClNO3S. The third-order valence-electron chi connectivity index (χ3n) is 3.84. The molecule has 4 nitrogen and oxygen atoms in total. The van der Waals surface area contributed by atoms with Crippen molar-refractivity contribution in [3.63, 3.8) is 0 Å². The van der Waals surface area contributed by atoms with Gasteiger partial charge in [-0.1, -0.05) is 23.7 Å². The third-order valence-corrected chi connectivity index (χ3v) is 5.84. The molecule has 1 aromatic carbocycles. The zero-order valence-corrected chi connectivity index (χ0v) is 14.3. The molecule has 1 atom stereocenters. The molecule has 0 bridgehead atoms. The first kappa shape index (κ1) is 17.0. The fourth-order valence-electron chi connectivity index (χ4n) is 2.69. The van der Waals surface area contributed by atoms with Crippen LogP contribution in [0, 0.1) is 0 Å². The molecule has 1 aliphatic heterocycles. The maximum atomic E-state index is 12.6. The molecule has 1 heterocycles. The molecule has 0 N–H and O–H groups in total. The van der Waals surface area contributed by atoms with Crippen molar-refractivity contribution in [1.29, 1.82) is 0 Å². The van der Waals surface area contributed by atoms with Gasteiger partial charge >= 0.3 is 0 Å². The summed E-state index contributed by atoms with van der Waals surface area (Å²) < 4.78 is 23.2. The SMILES string of the molecule is CCN(C(=O)/C(C)=C/c1ccc(Cl)cc1)C1CCS(=O)(=O)C1. The van der Waals surface area contributed by atoms with Gasteiger partial charge in [-0.2, -0.15) is 0 Å². The minimum atomic E-state index is -3.00. The Kier molecular flexibility index (Phi) is 5.29. The summed E-state index contributed by atoms with van der Waals surface area (Å²) in [7, 11) is -3.00. The van der Waals surface area contributed by atoms with Gasteiger partial charge in [-0.15, -0.1) is 0 Å². The van der Waals surface area contributed by atoms with E-state index in [0.29, 0.717) is 23.6 Å². The summed E-state index contributed by atoms with van der Waals surface area (Å²) in [5.41, 5.74) is 1.49. The van der Waals surface area contributed by atoms with E-state index < -0.39 is 9.84 Å². The zero-order valence-electron chi connectivity index (χ0n) is 12.8. The van der Waals surface area contributed by atoms with Crippen molar-refractivity contribution in [2.75, 3.05) is 18.1 Å². The number of benzene rings is 1. The predicted molar refractivity (Wildman–Crippen MR) is 89.5 cm³/mol. The standard InChI is InChI=1S/C16H20ClNO3S/c1-3-18(15-8-9-22(20,21)11-15)16(19)12(2)10-13-4-6-14(17)7-5-13/h4-7,10,15H,3,8-9,11H2,1-2H3/b12-10+. The highest BCUT2D eigenvalue weighted by Gasteiger charge is 2.34. The van der Waals surface area contributed by atoms with Gasteiger partial charge in [0.2, 0.25) is 5.91 Å². The van der Waals surface area contributed by atoms with Crippen molar-refractivity contribution in [3.05, 3.63) is 40.4 Å². The Bertz CT molecular complexity index is 680. The Balaban J connectivity index is 2.15. The van der Waals surface area contributed by atoms with Crippen LogP contribution in [0.15, 0.2) is 29.8 Å². The number of carbonyl (C=O) groups is 1. The first-order chi connectivity index (χ1) is 10.3. The molecule has 0 radical (unpaired) electrons. The van der Waals surface area contributed by atoms with Crippen LogP contribution in [0.25, 0.3) is 6.08 Å². The molecule has 1 saturated heterocycles. The van der Waals surface area contributed by atoms with Crippen LogP contribution in [0.3, 0.4) is 0 Å². The van der Waals surface area contributed by atoms with Crippen molar-refractivity contribution in [2.24, 2.45) is 0 Å². The Morgan fingerprint density at radius 3 is 2.50 bits per heavy atom. The van der Waals surface area contributed by atoms with Gasteiger partial charge in [0.15, 0.2) is 9.84 Å². The van der Waals surface area contributed by atoms with Gasteiger partial charge in [-0.25, -0.2) is 8.42 Å². The maximum Gasteiger partial charge on any atom is 0.249 e. The highest BCUT2D eigenvalue weighted by molar-refractivity contribution is 7.91. The normalized spacial score (nSPS) is 20.9. The minimum absolute atomic E-state index is 0.0702. The van der Waals surface area contributed by atoms with Gasteiger partial charge in [0.05, 0.1) is 11.5 Å². The molecule has 0 spiro atoms. The van der Waals surface area contributed by atoms with E-state index in [1.807, 2.05) is 19.1 Å². The number of amides is 1. The number of sulfone groups is 1. The van der Waals surface area contributed by atoms with E-state index in [1.54, 1.807) is 30.0 Å². The van der Waals surface area contributed by atoms with Crippen molar-refractivity contribution < 1.29 is 13.2 Å². The van der Waals surface area contributed by atoms with Gasteiger partial charge in [-0.05, 0) is 44.0 Å². The van der Waals surface area contributed by atoms with E-state index >= 15 is 0 Å². The lowest BCUT2D eigenvalue weighted by molar-refractivity contribution is -0.128. The van der Waals surface area contributed by atoms with E-state index in [4.69, 9.17) is 11.6 Å². The molecule has 120 valence electrons. The average molecular weight is 342 g/mol. The highest BCUT2D eigenvalue weighted by Crippen LogP contribution is 2.20. The van der Waals surface area contributed by atoms with Crippen molar-refractivity contribution >= 4 is 33.4 Å². The van der Waals surface area contributed by atoms with Crippen LogP contribution in [0.4, 0.5) is 0 Å².